The van der Waals surface area contributed by atoms with Crippen molar-refractivity contribution in [2.45, 2.75) is 18.9 Å². The Bertz CT molecular complexity index is 468. The Balaban J connectivity index is 1.92. The van der Waals surface area contributed by atoms with Crippen LogP contribution >= 0.6 is 11.3 Å². The van der Waals surface area contributed by atoms with Gasteiger partial charge in [-0.1, -0.05) is 0 Å². The third-order valence-corrected chi connectivity index (χ3v) is 3.79. The summed E-state index contributed by atoms with van der Waals surface area (Å²) in [6.45, 7) is 1.26. The zero-order chi connectivity index (χ0) is 13.8. The highest BCUT2D eigenvalue weighted by molar-refractivity contribution is 7.14. The summed E-state index contributed by atoms with van der Waals surface area (Å²) in [6.07, 6.45) is 2.06. The van der Waals surface area contributed by atoms with E-state index < -0.39 is 5.97 Å². The molecule has 0 aliphatic carbocycles. The van der Waals surface area contributed by atoms with Gasteiger partial charge < -0.3 is 14.7 Å². The van der Waals surface area contributed by atoms with Gasteiger partial charge in [-0.25, -0.2) is 9.59 Å². The average molecular weight is 284 g/mol. The number of hydrogen-bond donors (Lipinski definition) is 2. The van der Waals surface area contributed by atoms with E-state index in [9.17, 15) is 9.59 Å². The van der Waals surface area contributed by atoms with Crippen molar-refractivity contribution in [3.63, 3.8) is 0 Å². The average Bonchev–Trinajstić information content (AvgIpc) is 2.99. The van der Waals surface area contributed by atoms with Crippen LogP contribution in [0, 0.1) is 0 Å². The van der Waals surface area contributed by atoms with Gasteiger partial charge in [0.15, 0.2) is 0 Å². The number of rotatable bonds is 4. The first-order chi connectivity index (χ1) is 9.08. The lowest BCUT2D eigenvalue weighted by molar-refractivity contribution is 0.0698. The smallest absolute Gasteiger partial charge is 0.338 e. The molecule has 0 aromatic carbocycles. The summed E-state index contributed by atoms with van der Waals surface area (Å²) in [5.41, 5.74) is 0.115. The topological polar surface area (TPSA) is 78.9 Å². The van der Waals surface area contributed by atoms with Gasteiger partial charge in [0.05, 0.1) is 11.7 Å². The third-order valence-electron chi connectivity index (χ3n) is 2.96. The molecule has 104 valence electrons. The summed E-state index contributed by atoms with van der Waals surface area (Å²) in [5, 5.41) is 13.6. The predicted octanol–water partition coefficient (Wildman–Crippen LogP) is 2.09. The lowest BCUT2D eigenvalue weighted by atomic mass is 10.2. The van der Waals surface area contributed by atoms with Gasteiger partial charge in [-0.15, -0.1) is 11.3 Å². The number of carboxylic acid groups (broad SMARTS) is 1. The maximum atomic E-state index is 11.9. The number of anilines is 1. The molecule has 0 spiro atoms. The number of hydrogen-bond acceptors (Lipinski definition) is 4. The summed E-state index contributed by atoms with van der Waals surface area (Å²) in [4.78, 5) is 24.4. The molecule has 1 fully saturated rings. The molecule has 1 atom stereocenters. The van der Waals surface area contributed by atoms with Crippen molar-refractivity contribution in [1.82, 2.24) is 4.90 Å². The molecule has 1 aliphatic heterocycles. The Morgan fingerprint density at radius 3 is 3.05 bits per heavy atom. The minimum atomic E-state index is -1.04. The minimum Gasteiger partial charge on any atom is -0.478 e. The van der Waals surface area contributed by atoms with Crippen molar-refractivity contribution in [2.75, 3.05) is 25.5 Å². The summed E-state index contributed by atoms with van der Waals surface area (Å²) in [6, 6.07) is 1.16. The molecule has 1 saturated heterocycles. The summed E-state index contributed by atoms with van der Waals surface area (Å²) >= 11 is 1.20. The monoisotopic (exact) mass is 284 g/mol. The number of likely N-dealkylation sites (N-methyl/N-ethyl adjacent to an activating group) is 1. The van der Waals surface area contributed by atoms with Crippen molar-refractivity contribution in [1.29, 1.82) is 0 Å². The fourth-order valence-corrected chi connectivity index (χ4v) is 2.71. The fraction of sp³-hybridized carbons (Fsp3) is 0.500. The molecule has 1 aliphatic rings. The molecule has 2 amide bonds. The Morgan fingerprint density at radius 2 is 2.42 bits per heavy atom. The molecule has 1 unspecified atom stereocenters. The molecular weight excluding hydrogens is 268 g/mol. The number of carboxylic acids is 1. The third kappa shape index (κ3) is 3.45. The van der Waals surface area contributed by atoms with Crippen molar-refractivity contribution < 1.29 is 19.4 Å². The van der Waals surface area contributed by atoms with Crippen LogP contribution < -0.4 is 5.32 Å². The number of aromatic carboxylic acids is 1. The Morgan fingerprint density at radius 1 is 1.63 bits per heavy atom. The molecule has 2 rings (SSSR count). The van der Waals surface area contributed by atoms with Gasteiger partial charge in [-0.3, -0.25) is 5.32 Å². The molecule has 1 aromatic heterocycles. The standard InChI is InChI=1S/C12H16N2O4S/c1-14(7-8-3-2-5-18-8)12(17)13-10-9(11(15)16)4-6-19-10/h4,6,8H,2-3,5,7H2,1H3,(H,13,17)(H,15,16). The first-order valence-corrected chi connectivity index (χ1v) is 6.90. The van der Waals surface area contributed by atoms with Gasteiger partial charge in [-0.2, -0.15) is 0 Å². The van der Waals surface area contributed by atoms with Crippen LogP contribution in [0.3, 0.4) is 0 Å². The van der Waals surface area contributed by atoms with Gasteiger partial charge in [0.1, 0.15) is 5.00 Å². The van der Waals surface area contributed by atoms with E-state index in [2.05, 4.69) is 5.32 Å². The molecule has 0 bridgehead atoms. The second-order valence-corrected chi connectivity index (χ2v) is 5.33. The van der Waals surface area contributed by atoms with Crippen LogP contribution in [0.15, 0.2) is 11.4 Å². The molecular formula is C12H16N2O4S. The van der Waals surface area contributed by atoms with Gasteiger partial charge >= 0.3 is 12.0 Å². The normalized spacial score (nSPS) is 18.3. The SMILES string of the molecule is CN(CC1CCCO1)C(=O)Nc1sccc1C(=O)O. The van der Waals surface area contributed by atoms with Crippen molar-refractivity contribution in [3.8, 4) is 0 Å². The number of carbonyl (C=O) groups excluding carboxylic acids is 1. The predicted molar refractivity (Wildman–Crippen MR) is 71.9 cm³/mol. The Hall–Kier alpha value is -1.60. The highest BCUT2D eigenvalue weighted by Crippen LogP contribution is 2.23. The second kappa shape index (κ2) is 6.03. The van der Waals surface area contributed by atoms with Crippen LogP contribution in [0.1, 0.15) is 23.2 Å². The first-order valence-electron chi connectivity index (χ1n) is 6.02. The van der Waals surface area contributed by atoms with Crippen LogP contribution in [0.25, 0.3) is 0 Å². The summed E-state index contributed by atoms with van der Waals surface area (Å²) in [7, 11) is 1.67. The summed E-state index contributed by atoms with van der Waals surface area (Å²) < 4.78 is 5.46. The number of nitrogens with one attached hydrogen (secondary N) is 1. The van der Waals surface area contributed by atoms with Crippen LogP contribution in [0.5, 0.6) is 0 Å². The van der Waals surface area contributed by atoms with E-state index in [1.807, 2.05) is 0 Å². The second-order valence-electron chi connectivity index (χ2n) is 4.41. The maximum absolute atomic E-state index is 11.9. The molecule has 1 aromatic rings. The van der Waals surface area contributed by atoms with E-state index in [1.54, 1.807) is 12.4 Å². The largest absolute Gasteiger partial charge is 0.478 e. The lowest BCUT2D eigenvalue weighted by Gasteiger charge is -2.21. The number of carbonyl (C=O) groups is 2. The Labute approximate surface area is 115 Å². The van der Waals surface area contributed by atoms with Crippen LogP contribution in [0.2, 0.25) is 0 Å². The summed E-state index contributed by atoms with van der Waals surface area (Å²) in [5.74, 6) is -1.04. The van der Waals surface area contributed by atoms with E-state index in [4.69, 9.17) is 9.84 Å². The van der Waals surface area contributed by atoms with Crippen molar-refractivity contribution in [3.05, 3.63) is 17.0 Å². The van der Waals surface area contributed by atoms with E-state index in [0.29, 0.717) is 11.5 Å². The van der Waals surface area contributed by atoms with E-state index in [1.165, 1.54) is 22.3 Å². The van der Waals surface area contributed by atoms with Crippen molar-refractivity contribution >= 4 is 28.3 Å². The number of urea groups is 1. The zero-order valence-corrected chi connectivity index (χ0v) is 11.4. The van der Waals surface area contributed by atoms with Crippen LogP contribution in [-0.4, -0.2) is 48.3 Å². The van der Waals surface area contributed by atoms with Gasteiger partial charge in [0, 0.05) is 20.2 Å². The number of amides is 2. The van der Waals surface area contributed by atoms with E-state index >= 15 is 0 Å². The van der Waals surface area contributed by atoms with Crippen molar-refractivity contribution in [2.24, 2.45) is 0 Å². The van der Waals surface area contributed by atoms with Crippen LogP contribution in [0.4, 0.5) is 9.80 Å². The maximum Gasteiger partial charge on any atom is 0.338 e. The number of nitrogens with zero attached hydrogens (tertiary/aromatic N) is 1. The molecule has 6 nitrogen and oxygen atoms in total. The number of ether oxygens (including phenoxy) is 1. The molecule has 7 heteroatoms. The van der Waals surface area contributed by atoms with Crippen LogP contribution in [-0.2, 0) is 4.74 Å². The quantitative estimate of drug-likeness (QED) is 0.887. The van der Waals surface area contributed by atoms with E-state index in [-0.39, 0.29) is 17.7 Å². The highest BCUT2D eigenvalue weighted by atomic mass is 32.1. The van der Waals surface area contributed by atoms with Gasteiger partial charge in [-0.05, 0) is 24.3 Å². The van der Waals surface area contributed by atoms with Gasteiger partial charge in [0.25, 0.3) is 0 Å². The number of thiophene rings is 1. The lowest BCUT2D eigenvalue weighted by Crippen LogP contribution is -2.37. The molecule has 19 heavy (non-hydrogen) atoms. The van der Waals surface area contributed by atoms with Gasteiger partial charge in [0.2, 0.25) is 0 Å². The fourth-order valence-electron chi connectivity index (χ4n) is 1.94. The molecule has 0 saturated carbocycles. The Kier molecular flexibility index (Phi) is 4.39. The van der Waals surface area contributed by atoms with E-state index in [0.717, 1.165) is 19.4 Å². The zero-order valence-electron chi connectivity index (χ0n) is 10.6. The first kappa shape index (κ1) is 13.8. The highest BCUT2D eigenvalue weighted by Gasteiger charge is 2.21. The molecule has 0 radical (unpaired) electrons. The molecule has 2 N–H and O–H groups in total. The minimum absolute atomic E-state index is 0.0815. The molecule has 2 heterocycles.